The van der Waals surface area contributed by atoms with E-state index in [0.717, 1.165) is 44.1 Å². The number of alkyl carbamates (subject to hydrolysis) is 1. The molecule has 2 saturated carbocycles. The number of carbonyl (C=O) groups excluding carboxylic acids is 1. The number of nitrogens with one attached hydrogen (secondary N) is 1. The van der Waals surface area contributed by atoms with Gasteiger partial charge in [0.1, 0.15) is 11.4 Å². The van der Waals surface area contributed by atoms with Gasteiger partial charge in [0.2, 0.25) is 0 Å². The molecular formula is C26H44N2O4Si. The molecule has 33 heavy (non-hydrogen) atoms. The fraction of sp³-hybridized carbons (Fsp3) is 0.731. The molecule has 3 rings (SSSR count). The summed E-state index contributed by atoms with van der Waals surface area (Å²) in [7, 11) is -1.10. The third-order valence-electron chi connectivity index (χ3n) is 6.19. The van der Waals surface area contributed by atoms with Crippen molar-refractivity contribution in [2.24, 2.45) is 0 Å². The zero-order valence-electron chi connectivity index (χ0n) is 21.5. The van der Waals surface area contributed by atoms with Crippen LogP contribution in [0.4, 0.5) is 10.5 Å². The number of carbonyl (C=O) groups is 1. The van der Waals surface area contributed by atoms with Crippen molar-refractivity contribution < 1.29 is 19.0 Å². The lowest BCUT2D eigenvalue weighted by Crippen LogP contribution is -2.46. The Kier molecular flexibility index (Phi) is 8.73. The number of rotatable bonds is 10. The Morgan fingerprint density at radius 1 is 1.03 bits per heavy atom. The van der Waals surface area contributed by atoms with E-state index in [-0.39, 0.29) is 12.1 Å². The van der Waals surface area contributed by atoms with Crippen molar-refractivity contribution in [2.75, 3.05) is 18.3 Å². The molecule has 0 aliphatic heterocycles. The average molecular weight is 477 g/mol. The van der Waals surface area contributed by atoms with Crippen LogP contribution >= 0.6 is 0 Å². The Balaban J connectivity index is 1.55. The molecule has 0 spiro atoms. The van der Waals surface area contributed by atoms with E-state index in [0.29, 0.717) is 18.9 Å². The molecule has 186 valence electrons. The van der Waals surface area contributed by atoms with Crippen LogP contribution in [-0.2, 0) is 9.47 Å². The van der Waals surface area contributed by atoms with Gasteiger partial charge in [0, 0.05) is 32.8 Å². The number of hydrogen-bond donors (Lipinski definition) is 1. The highest BCUT2D eigenvalue weighted by Gasteiger charge is 2.37. The van der Waals surface area contributed by atoms with Crippen molar-refractivity contribution >= 4 is 19.9 Å². The normalized spacial score (nSPS) is 21.4. The summed E-state index contributed by atoms with van der Waals surface area (Å²) < 4.78 is 17.3. The second kappa shape index (κ2) is 11.1. The fourth-order valence-electron chi connectivity index (χ4n) is 4.35. The number of anilines is 1. The SMILES string of the molecule is CC(C)(C)OC(=O)N[C@H]1CC[C@H](N(c2ccccc2OCOCC[Si](C)(C)C)C2CC2)CC1. The van der Waals surface area contributed by atoms with Crippen molar-refractivity contribution in [1.29, 1.82) is 0 Å². The average Bonchev–Trinajstić information content (AvgIpc) is 3.53. The Morgan fingerprint density at radius 3 is 2.21 bits per heavy atom. The van der Waals surface area contributed by atoms with Gasteiger partial charge in [0.25, 0.3) is 0 Å². The Labute approximate surface area is 201 Å². The molecule has 2 aliphatic carbocycles. The first-order valence-electron chi connectivity index (χ1n) is 12.6. The molecule has 0 bridgehead atoms. The molecule has 0 atom stereocenters. The second-order valence-corrected chi connectivity index (χ2v) is 17.4. The Bertz CT molecular complexity index is 762. The van der Waals surface area contributed by atoms with Crippen LogP contribution in [0.25, 0.3) is 0 Å². The van der Waals surface area contributed by atoms with Gasteiger partial charge in [-0.1, -0.05) is 31.8 Å². The molecule has 2 fully saturated rings. The van der Waals surface area contributed by atoms with Crippen molar-refractivity contribution in [3.05, 3.63) is 24.3 Å². The van der Waals surface area contributed by atoms with Crippen molar-refractivity contribution in [3.8, 4) is 5.75 Å². The molecule has 1 amide bonds. The van der Waals surface area contributed by atoms with Crippen LogP contribution < -0.4 is 15.0 Å². The highest BCUT2D eigenvalue weighted by atomic mass is 28.3. The van der Waals surface area contributed by atoms with Gasteiger partial charge in [0.05, 0.1) is 5.69 Å². The molecule has 1 N–H and O–H groups in total. The maximum absolute atomic E-state index is 12.2. The largest absolute Gasteiger partial charge is 0.465 e. The van der Waals surface area contributed by atoms with Crippen LogP contribution in [0.2, 0.25) is 25.7 Å². The maximum Gasteiger partial charge on any atom is 0.407 e. The Morgan fingerprint density at radius 2 is 1.64 bits per heavy atom. The third-order valence-corrected chi connectivity index (χ3v) is 7.89. The van der Waals surface area contributed by atoms with Crippen LogP contribution in [0.3, 0.4) is 0 Å². The molecule has 6 nitrogen and oxygen atoms in total. The van der Waals surface area contributed by atoms with E-state index in [4.69, 9.17) is 14.2 Å². The topological polar surface area (TPSA) is 60.0 Å². The first-order chi connectivity index (χ1) is 15.5. The van der Waals surface area contributed by atoms with Crippen molar-refractivity contribution in [3.63, 3.8) is 0 Å². The summed E-state index contributed by atoms with van der Waals surface area (Å²) in [6.45, 7) is 13.8. The smallest absolute Gasteiger partial charge is 0.407 e. The summed E-state index contributed by atoms with van der Waals surface area (Å²) in [6, 6.07) is 10.8. The fourth-order valence-corrected chi connectivity index (χ4v) is 5.11. The van der Waals surface area contributed by atoms with E-state index < -0.39 is 13.7 Å². The van der Waals surface area contributed by atoms with Crippen LogP contribution in [0.1, 0.15) is 59.3 Å². The monoisotopic (exact) mass is 476 g/mol. The summed E-state index contributed by atoms with van der Waals surface area (Å²) in [5.41, 5.74) is 0.712. The Hall–Kier alpha value is -1.73. The first kappa shape index (κ1) is 25.9. The number of benzene rings is 1. The maximum atomic E-state index is 12.2. The summed E-state index contributed by atoms with van der Waals surface area (Å²) in [4.78, 5) is 14.7. The highest BCUT2D eigenvalue weighted by molar-refractivity contribution is 6.76. The number of para-hydroxylation sites is 2. The van der Waals surface area contributed by atoms with Gasteiger partial charge in [-0.05, 0) is 77.5 Å². The van der Waals surface area contributed by atoms with Crippen molar-refractivity contribution in [2.45, 2.75) is 109 Å². The van der Waals surface area contributed by atoms with E-state index in [1.807, 2.05) is 26.8 Å². The van der Waals surface area contributed by atoms with Crippen LogP contribution in [0.5, 0.6) is 5.75 Å². The van der Waals surface area contributed by atoms with Crippen LogP contribution in [-0.4, -0.2) is 51.3 Å². The van der Waals surface area contributed by atoms with Gasteiger partial charge in [-0.15, -0.1) is 0 Å². The predicted octanol–water partition coefficient (Wildman–Crippen LogP) is 6.18. The van der Waals surface area contributed by atoms with Gasteiger partial charge in [-0.25, -0.2) is 4.79 Å². The molecule has 1 aromatic carbocycles. The number of nitrogens with zero attached hydrogens (tertiary/aromatic N) is 1. The lowest BCUT2D eigenvalue weighted by molar-refractivity contribution is 0.0222. The van der Waals surface area contributed by atoms with Gasteiger partial charge < -0.3 is 24.4 Å². The molecule has 0 radical (unpaired) electrons. The summed E-state index contributed by atoms with van der Waals surface area (Å²) in [6.07, 6.45) is 6.20. The zero-order valence-corrected chi connectivity index (χ0v) is 22.5. The van der Waals surface area contributed by atoms with Gasteiger partial charge >= 0.3 is 6.09 Å². The lowest BCUT2D eigenvalue weighted by Gasteiger charge is -2.39. The van der Waals surface area contributed by atoms with Gasteiger partial charge in [-0.3, -0.25) is 0 Å². The molecule has 0 unspecified atom stereocenters. The van der Waals surface area contributed by atoms with E-state index >= 15 is 0 Å². The standard InChI is InChI=1S/C26H44N2O4Si/c1-26(2,3)32-25(29)27-20-11-13-21(14-12-20)28(22-15-16-22)23-9-7-8-10-24(23)31-19-30-17-18-33(4,5)6/h7-10,20-22H,11-19H2,1-6H3,(H,27,29)/t20-,21-. The molecular weight excluding hydrogens is 432 g/mol. The quantitative estimate of drug-likeness (QED) is 0.248. The minimum absolute atomic E-state index is 0.184. The van der Waals surface area contributed by atoms with Crippen LogP contribution in [0, 0.1) is 0 Å². The van der Waals surface area contributed by atoms with Crippen LogP contribution in [0.15, 0.2) is 24.3 Å². The number of hydrogen-bond acceptors (Lipinski definition) is 5. The van der Waals surface area contributed by atoms with E-state index in [1.165, 1.54) is 18.5 Å². The van der Waals surface area contributed by atoms with E-state index in [1.54, 1.807) is 0 Å². The van der Waals surface area contributed by atoms with E-state index in [2.05, 4.69) is 48.1 Å². The molecule has 0 heterocycles. The van der Waals surface area contributed by atoms with Crippen molar-refractivity contribution in [1.82, 2.24) is 5.32 Å². The minimum Gasteiger partial charge on any atom is -0.465 e. The lowest BCUT2D eigenvalue weighted by atomic mass is 9.89. The second-order valence-electron chi connectivity index (χ2n) is 11.7. The molecule has 0 saturated heterocycles. The van der Waals surface area contributed by atoms with Gasteiger partial charge in [-0.2, -0.15) is 0 Å². The molecule has 0 aromatic heterocycles. The zero-order chi connectivity index (χ0) is 24.1. The highest BCUT2D eigenvalue weighted by Crippen LogP contribution is 2.41. The predicted molar refractivity (Wildman–Crippen MR) is 137 cm³/mol. The molecule has 1 aromatic rings. The van der Waals surface area contributed by atoms with E-state index in [9.17, 15) is 4.79 Å². The third kappa shape index (κ3) is 8.85. The van der Waals surface area contributed by atoms with Gasteiger partial charge in [0.15, 0.2) is 6.79 Å². The molecule has 2 aliphatic rings. The summed E-state index contributed by atoms with van der Waals surface area (Å²) in [5.74, 6) is 0.909. The minimum atomic E-state index is -1.10. The first-order valence-corrected chi connectivity index (χ1v) is 16.3. The molecule has 7 heteroatoms. The number of ether oxygens (including phenoxy) is 3. The summed E-state index contributed by atoms with van der Waals surface area (Å²) >= 11 is 0. The summed E-state index contributed by atoms with van der Waals surface area (Å²) in [5, 5.41) is 3.06. The number of amides is 1.